The highest BCUT2D eigenvalue weighted by Gasteiger charge is 2.15. The Morgan fingerprint density at radius 3 is 2.29 bits per heavy atom. The lowest BCUT2D eigenvalue weighted by molar-refractivity contribution is -0.118. The SMILES string of the molecule is C=Cc1cc(CNC(=O)C(F)=Cc2ccc(C(C)(C)C)cc2)cc(F)c1NS(C)(=O)=O. The summed E-state index contributed by atoms with van der Waals surface area (Å²) in [4.78, 5) is 12.1. The number of nitrogens with one attached hydrogen (secondary N) is 2. The van der Waals surface area contributed by atoms with Crippen molar-refractivity contribution in [3.63, 3.8) is 0 Å². The van der Waals surface area contributed by atoms with Gasteiger partial charge in [-0.3, -0.25) is 9.52 Å². The standard InChI is InChI=1S/C23H26F2N2O3S/c1-6-17-11-16(13-19(24)21(17)27-31(5,29)30)14-26-22(28)20(25)12-15-7-9-18(10-8-15)23(2,3)4/h6-13,27H,1,14H2,2-5H3,(H,26,28). The van der Waals surface area contributed by atoms with Crippen LogP contribution in [0.3, 0.4) is 0 Å². The lowest BCUT2D eigenvalue weighted by Gasteiger charge is -2.18. The summed E-state index contributed by atoms with van der Waals surface area (Å²) in [6.45, 7) is 9.58. The summed E-state index contributed by atoms with van der Waals surface area (Å²) >= 11 is 0. The quantitative estimate of drug-likeness (QED) is 0.600. The van der Waals surface area contributed by atoms with Crippen molar-refractivity contribution in [2.75, 3.05) is 11.0 Å². The van der Waals surface area contributed by atoms with Crippen LogP contribution in [-0.4, -0.2) is 20.6 Å². The second-order valence-corrected chi connectivity index (χ2v) is 9.92. The van der Waals surface area contributed by atoms with E-state index >= 15 is 0 Å². The van der Waals surface area contributed by atoms with Gasteiger partial charge >= 0.3 is 0 Å². The van der Waals surface area contributed by atoms with Gasteiger partial charge in [0, 0.05) is 12.1 Å². The minimum Gasteiger partial charge on any atom is -0.346 e. The zero-order valence-electron chi connectivity index (χ0n) is 17.9. The molecule has 0 heterocycles. The molecule has 0 saturated heterocycles. The first-order valence-corrected chi connectivity index (χ1v) is 11.4. The molecule has 0 spiro atoms. The van der Waals surface area contributed by atoms with Gasteiger partial charge < -0.3 is 5.32 Å². The van der Waals surface area contributed by atoms with Gasteiger partial charge in [0.15, 0.2) is 5.83 Å². The molecule has 2 rings (SSSR count). The number of carbonyl (C=O) groups excluding carboxylic acids is 1. The van der Waals surface area contributed by atoms with Crippen LogP contribution in [0.5, 0.6) is 0 Å². The second-order valence-electron chi connectivity index (χ2n) is 8.17. The molecule has 1 amide bonds. The molecule has 2 N–H and O–H groups in total. The van der Waals surface area contributed by atoms with E-state index in [0.717, 1.165) is 24.0 Å². The fourth-order valence-corrected chi connectivity index (χ4v) is 3.39. The Hall–Kier alpha value is -3.00. The van der Waals surface area contributed by atoms with Gasteiger partial charge in [-0.25, -0.2) is 17.2 Å². The maximum atomic E-state index is 14.3. The molecule has 5 nitrogen and oxygen atoms in total. The number of hydrogen-bond acceptors (Lipinski definition) is 3. The van der Waals surface area contributed by atoms with Crippen LogP contribution >= 0.6 is 0 Å². The van der Waals surface area contributed by atoms with Crippen molar-refractivity contribution in [2.24, 2.45) is 0 Å². The van der Waals surface area contributed by atoms with E-state index in [2.05, 4.69) is 37.4 Å². The average Bonchev–Trinajstić information content (AvgIpc) is 2.66. The zero-order chi connectivity index (χ0) is 23.4. The summed E-state index contributed by atoms with van der Waals surface area (Å²) in [5.41, 5.74) is 1.87. The molecule has 8 heteroatoms. The van der Waals surface area contributed by atoms with Gasteiger partial charge in [-0.2, -0.15) is 0 Å². The minimum atomic E-state index is -3.69. The second kappa shape index (κ2) is 9.43. The van der Waals surface area contributed by atoms with E-state index in [9.17, 15) is 22.0 Å². The Labute approximate surface area is 181 Å². The fourth-order valence-electron chi connectivity index (χ4n) is 2.80. The van der Waals surface area contributed by atoms with E-state index in [-0.39, 0.29) is 23.2 Å². The van der Waals surface area contributed by atoms with Crippen LogP contribution in [0.15, 0.2) is 48.8 Å². The third kappa shape index (κ3) is 7.03. The van der Waals surface area contributed by atoms with Gasteiger partial charge in [0.05, 0.1) is 11.9 Å². The summed E-state index contributed by atoms with van der Waals surface area (Å²) in [5.74, 6) is -2.76. The molecule has 0 aliphatic rings. The maximum Gasteiger partial charge on any atom is 0.280 e. The van der Waals surface area contributed by atoms with Gasteiger partial charge in [0.25, 0.3) is 5.91 Å². The molecule has 0 aliphatic carbocycles. The molecule has 0 aliphatic heterocycles. The van der Waals surface area contributed by atoms with E-state index < -0.39 is 27.6 Å². The number of rotatable bonds is 7. The van der Waals surface area contributed by atoms with E-state index in [4.69, 9.17) is 0 Å². The molecule has 0 atom stereocenters. The number of amides is 1. The predicted octanol–water partition coefficient (Wildman–Crippen LogP) is 4.76. The Morgan fingerprint density at radius 1 is 1.16 bits per heavy atom. The van der Waals surface area contributed by atoms with Crippen LogP contribution in [0.4, 0.5) is 14.5 Å². The van der Waals surface area contributed by atoms with Crippen molar-refractivity contribution in [3.8, 4) is 0 Å². The fraction of sp³-hybridized carbons (Fsp3) is 0.261. The van der Waals surface area contributed by atoms with Crippen molar-refractivity contribution in [2.45, 2.75) is 32.7 Å². The van der Waals surface area contributed by atoms with E-state index in [1.54, 1.807) is 12.1 Å². The van der Waals surface area contributed by atoms with Crippen molar-refractivity contribution < 1.29 is 22.0 Å². The first kappa shape index (κ1) is 24.3. The molecule has 0 aromatic heterocycles. The van der Waals surface area contributed by atoms with Crippen LogP contribution in [0.25, 0.3) is 12.2 Å². The molecule has 0 unspecified atom stereocenters. The normalized spacial score (nSPS) is 12.4. The topological polar surface area (TPSA) is 75.3 Å². The van der Waals surface area contributed by atoms with Gasteiger partial charge in [0.1, 0.15) is 5.82 Å². The van der Waals surface area contributed by atoms with Crippen LogP contribution in [-0.2, 0) is 26.8 Å². The number of hydrogen-bond donors (Lipinski definition) is 2. The first-order chi connectivity index (χ1) is 14.3. The molecule has 0 saturated carbocycles. The molecule has 2 aromatic rings. The molecule has 31 heavy (non-hydrogen) atoms. The first-order valence-electron chi connectivity index (χ1n) is 9.49. The minimum absolute atomic E-state index is 0.0376. The number of sulfonamides is 1. The van der Waals surface area contributed by atoms with Crippen molar-refractivity contribution in [1.29, 1.82) is 0 Å². The molecular weight excluding hydrogens is 422 g/mol. The molecule has 0 radical (unpaired) electrons. The predicted molar refractivity (Wildman–Crippen MR) is 121 cm³/mol. The van der Waals surface area contributed by atoms with Gasteiger partial charge in [-0.05, 0) is 40.3 Å². The summed E-state index contributed by atoms with van der Waals surface area (Å²) in [6.07, 6.45) is 3.31. The number of anilines is 1. The Bertz CT molecular complexity index is 1120. The molecular formula is C23H26F2N2O3S. The smallest absolute Gasteiger partial charge is 0.280 e. The van der Waals surface area contributed by atoms with E-state index in [1.807, 2.05) is 12.1 Å². The molecule has 2 aromatic carbocycles. The Kier molecular flexibility index (Phi) is 7.38. The van der Waals surface area contributed by atoms with E-state index in [1.165, 1.54) is 12.1 Å². The zero-order valence-corrected chi connectivity index (χ0v) is 18.7. The maximum absolute atomic E-state index is 14.3. The number of halogens is 2. The molecule has 0 fully saturated rings. The average molecular weight is 449 g/mol. The van der Waals surface area contributed by atoms with Gasteiger partial charge in [-0.1, -0.05) is 57.7 Å². The third-order valence-corrected chi connectivity index (χ3v) is 5.00. The lowest BCUT2D eigenvalue weighted by Crippen LogP contribution is -2.23. The van der Waals surface area contributed by atoms with Crippen LogP contribution in [0, 0.1) is 5.82 Å². The highest BCUT2D eigenvalue weighted by Crippen LogP contribution is 2.25. The van der Waals surface area contributed by atoms with Gasteiger partial charge in [-0.15, -0.1) is 0 Å². The largest absolute Gasteiger partial charge is 0.346 e. The van der Waals surface area contributed by atoms with Crippen LogP contribution in [0.2, 0.25) is 0 Å². The van der Waals surface area contributed by atoms with Gasteiger partial charge in [0.2, 0.25) is 10.0 Å². The summed E-state index contributed by atoms with van der Waals surface area (Å²) in [7, 11) is -3.69. The van der Waals surface area contributed by atoms with Crippen LogP contribution < -0.4 is 10.0 Å². The van der Waals surface area contributed by atoms with E-state index in [0.29, 0.717) is 11.1 Å². The Balaban J connectivity index is 2.12. The molecule has 166 valence electrons. The third-order valence-electron chi connectivity index (χ3n) is 4.43. The number of carbonyl (C=O) groups is 1. The van der Waals surface area contributed by atoms with Crippen LogP contribution in [0.1, 0.15) is 43.0 Å². The van der Waals surface area contributed by atoms with Crippen molar-refractivity contribution in [1.82, 2.24) is 5.32 Å². The highest BCUT2D eigenvalue weighted by atomic mass is 32.2. The molecule has 0 bridgehead atoms. The monoisotopic (exact) mass is 448 g/mol. The number of benzene rings is 2. The lowest BCUT2D eigenvalue weighted by atomic mass is 9.87. The van der Waals surface area contributed by atoms with Crippen molar-refractivity contribution in [3.05, 3.63) is 76.9 Å². The summed E-state index contributed by atoms with van der Waals surface area (Å²) in [5, 5.41) is 2.38. The summed E-state index contributed by atoms with van der Waals surface area (Å²) < 4.78 is 53.5. The summed E-state index contributed by atoms with van der Waals surface area (Å²) in [6, 6.07) is 9.73. The van der Waals surface area contributed by atoms with Crippen molar-refractivity contribution >= 4 is 33.8 Å². The highest BCUT2D eigenvalue weighted by molar-refractivity contribution is 7.92. The Morgan fingerprint density at radius 2 is 1.77 bits per heavy atom.